The van der Waals surface area contributed by atoms with E-state index in [-0.39, 0.29) is 0 Å². The Morgan fingerprint density at radius 1 is 1.25 bits per heavy atom. The molecule has 1 atom stereocenters. The molecule has 0 spiro atoms. The van der Waals surface area contributed by atoms with Crippen molar-refractivity contribution in [2.45, 2.75) is 59.1 Å². The van der Waals surface area contributed by atoms with Gasteiger partial charge in [-0.2, -0.15) is 0 Å². The van der Waals surface area contributed by atoms with E-state index in [0.29, 0.717) is 12.6 Å². The molecule has 0 saturated carbocycles. The van der Waals surface area contributed by atoms with Gasteiger partial charge in [0.05, 0.1) is 5.60 Å². The largest absolute Gasteiger partial charge is 0.389 e. The molecule has 0 aliphatic rings. The summed E-state index contributed by atoms with van der Waals surface area (Å²) in [7, 11) is 0. The van der Waals surface area contributed by atoms with Crippen LogP contribution in [-0.4, -0.2) is 47.8 Å². The molecule has 0 aliphatic heterocycles. The van der Waals surface area contributed by atoms with Crippen molar-refractivity contribution >= 4 is 0 Å². The van der Waals surface area contributed by atoms with Gasteiger partial charge in [0.1, 0.15) is 0 Å². The van der Waals surface area contributed by atoms with Crippen molar-refractivity contribution in [1.29, 1.82) is 0 Å². The van der Waals surface area contributed by atoms with Crippen LogP contribution in [0.4, 0.5) is 0 Å². The molecule has 0 fully saturated rings. The van der Waals surface area contributed by atoms with Gasteiger partial charge in [-0.15, -0.1) is 0 Å². The predicted octanol–water partition coefficient (Wildman–Crippen LogP) is 1.86. The van der Waals surface area contributed by atoms with E-state index in [1.807, 2.05) is 13.8 Å². The molecule has 0 aromatic carbocycles. The topological polar surface area (TPSA) is 35.5 Å². The molecule has 0 amide bonds. The van der Waals surface area contributed by atoms with Crippen molar-refractivity contribution in [3.8, 4) is 0 Å². The third-order valence-electron chi connectivity index (χ3n) is 2.89. The second-order valence-corrected chi connectivity index (χ2v) is 5.26. The first-order chi connectivity index (χ1) is 7.39. The van der Waals surface area contributed by atoms with Crippen LogP contribution >= 0.6 is 0 Å². The summed E-state index contributed by atoms with van der Waals surface area (Å²) in [4.78, 5) is 2.45. The lowest BCUT2D eigenvalue weighted by Crippen LogP contribution is -2.39. The molecule has 3 nitrogen and oxygen atoms in total. The van der Waals surface area contributed by atoms with E-state index in [4.69, 9.17) is 0 Å². The Morgan fingerprint density at radius 2 is 1.81 bits per heavy atom. The monoisotopic (exact) mass is 230 g/mol. The maximum Gasteiger partial charge on any atom is 0.0715 e. The zero-order chi connectivity index (χ0) is 12.6. The summed E-state index contributed by atoms with van der Waals surface area (Å²) in [6, 6.07) is 0.488. The summed E-state index contributed by atoms with van der Waals surface area (Å²) >= 11 is 0. The third-order valence-corrected chi connectivity index (χ3v) is 2.89. The van der Waals surface area contributed by atoms with E-state index in [9.17, 15) is 5.11 Å². The molecule has 1 unspecified atom stereocenters. The first kappa shape index (κ1) is 15.9. The molecular formula is C13H30N2O. The van der Waals surface area contributed by atoms with Crippen LogP contribution in [0.3, 0.4) is 0 Å². The highest BCUT2D eigenvalue weighted by Gasteiger charge is 2.13. The van der Waals surface area contributed by atoms with Gasteiger partial charge < -0.3 is 15.3 Å². The molecule has 0 aromatic rings. The van der Waals surface area contributed by atoms with Crippen LogP contribution in [0.1, 0.15) is 47.5 Å². The maximum absolute atomic E-state index is 9.59. The molecule has 16 heavy (non-hydrogen) atoms. The summed E-state index contributed by atoms with van der Waals surface area (Å²) in [6.07, 6.45) is 2.40. The molecule has 0 bridgehead atoms. The standard InChI is InChI=1S/C13H30N2O/c1-6-15(7-2)10-8-9-12(3)14-11-13(4,5)16/h12,14,16H,6-11H2,1-5H3. The number of hydrogen-bond acceptors (Lipinski definition) is 3. The number of rotatable bonds is 9. The lowest BCUT2D eigenvalue weighted by molar-refractivity contribution is 0.0765. The van der Waals surface area contributed by atoms with Gasteiger partial charge in [0, 0.05) is 12.6 Å². The van der Waals surface area contributed by atoms with Crippen LogP contribution in [0, 0.1) is 0 Å². The van der Waals surface area contributed by atoms with Crippen molar-refractivity contribution in [3.05, 3.63) is 0 Å². The lowest BCUT2D eigenvalue weighted by Gasteiger charge is -2.23. The number of aliphatic hydroxyl groups is 1. The van der Waals surface area contributed by atoms with E-state index in [1.165, 1.54) is 19.4 Å². The molecule has 98 valence electrons. The average Bonchev–Trinajstić information content (AvgIpc) is 2.20. The van der Waals surface area contributed by atoms with Crippen molar-refractivity contribution in [3.63, 3.8) is 0 Å². The number of nitrogens with zero attached hydrogens (tertiary/aromatic N) is 1. The van der Waals surface area contributed by atoms with Gasteiger partial charge in [-0.1, -0.05) is 13.8 Å². The van der Waals surface area contributed by atoms with Gasteiger partial charge in [-0.3, -0.25) is 0 Å². The van der Waals surface area contributed by atoms with Gasteiger partial charge in [0.15, 0.2) is 0 Å². The Hall–Kier alpha value is -0.120. The molecule has 0 saturated heterocycles. The van der Waals surface area contributed by atoms with Gasteiger partial charge in [-0.05, 0) is 53.2 Å². The predicted molar refractivity (Wildman–Crippen MR) is 70.8 cm³/mol. The highest BCUT2D eigenvalue weighted by atomic mass is 16.3. The average molecular weight is 230 g/mol. The zero-order valence-electron chi connectivity index (χ0n) is 11.7. The van der Waals surface area contributed by atoms with Crippen LogP contribution in [-0.2, 0) is 0 Å². The summed E-state index contributed by atoms with van der Waals surface area (Å²) in [6.45, 7) is 14.4. The fourth-order valence-corrected chi connectivity index (χ4v) is 1.69. The van der Waals surface area contributed by atoms with E-state index >= 15 is 0 Å². The van der Waals surface area contributed by atoms with Gasteiger partial charge in [-0.25, -0.2) is 0 Å². The third kappa shape index (κ3) is 9.13. The quantitative estimate of drug-likeness (QED) is 0.634. The van der Waals surface area contributed by atoms with Crippen molar-refractivity contribution in [1.82, 2.24) is 10.2 Å². The van der Waals surface area contributed by atoms with Crippen LogP contribution in [0.5, 0.6) is 0 Å². The van der Waals surface area contributed by atoms with Crippen molar-refractivity contribution < 1.29 is 5.11 Å². The highest BCUT2D eigenvalue weighted by Crippen LogP contribution is 2.02. The van der Waals surface area contributed by atoms with Crippen LogP contribution in [0.25, 0.3) is 0 Å². The molecule has 2 N–H and O–H groups in total. The fourth-order valence-electron chi connectivity index (χ4n) is 1.69. The Bertz CT molecular complexity index is 162. The van der Waals surface area contributed by atoms with Crippen LogP contribution in [0.15, 0.2) is 0 Å². The molecule has 0 aliphatic carbocycles. The second kappa shape index (κ2) is 8.04. The first-order valence-corrected chi connectivity index (χ1v) is 6.57. The minimum Gasteiger partial charge on any atom is -0.389 e. The van der Waals surface area contributed by atoms with E-state index < -0.39 is 5.60 Å². The van der Waals surface area contributed by atoms with Crippen molar-refractivity contribution in [2.24, 2.45) is 0 Å². The Kier molecular flexibility index (Phi) is 7.98. The number of hydrogen-bond donors (Lipinski definition) is 2. The Balaban J connectivity index is 3.54. The SMILES string of the molecule is CCN(CC)CCCC(C)NCC(C)(C)O. The van der Waals surface area contributed by atoms with E-state index in [1.54, 1.807) is 0 Å². The lowest BCUT2D eigenvalue weighted by atomic mass is 10.1. The first-order valence-electron chi connectivity index (χ1n) is 6.57. The summed E-state index contributed by atoms with van der Waals surface area (Å²) in [5, 5.41) is 12.9. The fraction of sp³-hybridized carbons (Fsp3) is 1.00. The van der Waals surface area contributed by atoms with Gasteiger partial charge in [0.25, 0.3) is 0 Å². The van der Waals surface area contributed by atoms with E-state index in [2.05, 4.69) is 31.0 Å². The molecule has 0 aromatic heterocycles. The maximum atomic E-state index is 9.59. The summed E-state index contributed by atoms with van der Waals surface area (Å²) in [5.74, 6) is 0. The zero-order valence-corrected chi connectivity index (χ0v) is 11.7. The minimum absolute atomic E-state index is 0.488. The van der Waals surface area contributed by atoms with Crippen LogP contribution in [0.2, 0.25) is 0 Å². The molecular weight excluding hydrogens is 200 g/mol. The molecule has 3 heteroatoms. The smallest absolute Gasteiger partial charge is 0.0715 e. The minimum atomic E-state index is -0.604. The normalized spacial score (nSPS) is 14.4. The Morgan fingerprint density at radius 3 is 2.25 bits per heavy atom. The van der Waals surface area contributed by atoms with Gasteiger partial charge >= 0.3 is 0 Å². The highest BCUT2D eigenvalue weighted by molar-refractivity contribution is 4.72. The van der Waals surface area contributed by atoms with Crippen LogP contribution < -0.4 is 5.32 Å². The molecule has 0 rings (SSSR count). The number of nitrogens with one attached hydrogen (secondary N) is 1. The summed E-state index contributed by atoms with van der Waals surface area (Å²) < 4.78 is 0. The molecule has 0 heterocycles. The van der Waals surface area contributed by atoms with Gasteiger partial charge in [0.2, 0.25) is 0 Å². The second-order valence-electron chi connectivity index (χ2n) is 5.26. The van der Waals surface area contributed by atoms with Crippen molar-refractivity contribution in [2.75, 3.05) is 26.2 Å². The van der Waals surface area contributed by atoms with E-state index in [0.717, 1.165) is 13.1 Å². The molecule has 0 radical (unpaired) electrons. The summed E-state index contributed by atoms with van der Waals surface area (Å²) in [5.41, 5.74) is -0.604. The Labute approximate surface area is 101 Å².